The van der Waals surface area contributed by atoms with Gasteiger partial charge in [-0.3, -0.25) is 4.79 Å². The Hall–Kier alpha value is -2.12. The predicted molar refractivity (Wildman–Crippen MR) is 84.6 cm³/mol. The number of nitrogens with zero attached hydrogens (tertiary/aromatic N) is 1. The summed E-state index contributed by atoms with van der Waals surface area (Å²) in [5, 5.41) is 13.0. The Morgan fingerprint density at radius 1 is 1.38 bits per heavy atom. The van der Waals surface area contributed by atoms with Gasteiger partial charge < -0.3 is 5.32 Å². The number of fused-ring (bicyclic) bond motifs is 1. The van der Waals surface area contributed by atoms with Gasteiger partial charge in [0, 0.05) is 4.88 Å². The molecule has 1 heterocycles. The van der Waals surface area contributed by atoms with Crippen LogP contribution in [0.1, 0.15) is 33.6 Å². The Labute approximate surface area is 128 Å². The lowest BCUT2D eigenvalue weighted by atomic mass is 10.1. The van der Waals surface area contributed by atoms with Gasteiger partial charge >= 0.3 is 0 Å². The van der Waals surface area contributed by atoms with E-state index in [2.05, 4.69) is 11.4 Å². The first-order valence-corrected chi connectivity index (χ1v) is 7.89. The second-order valence-corrected chi connectivity index (χ2v) is 6.43. The van der Waals surface area contributed by atoms with E-state index in [0.717, 1.165) is 41.0 Å². The molecule has 3 nitrogen and oxygen atoms in total. The van der Waals surface area contributed by atoms with E-state index in [-0.39, 0.29) is 5.91 Å². The molecule has 4 heteroatoms. The van der Waals surface area contributed by atoms with E-state index in [4.69, 9.17) is 0 Å². The fourth-order valence-corrected chi connectivity index (χ4v) is 4.02. The lowest BCUT2D eigenvalue weighted by Crippen LogP contribution is -2.15. The molecule has 106 valence electrons. The fraction of sp³-hybridized carbons (Fsp3) is 0.294. The molecule has 1 aromatic heterocycles. The van der Waals surface area contributed by atoms with Gasteiger partial charge in [-0.1, -0.05) is 24.3 Å². The van der Waals surface area contributed by atoms with Gasteiger partial charge in [-0.2, -0.15) is 5.26 Å². The first-order chi connectivity index (χ1) is 10.2. The maximum Gasteiger partial charge on any atom is 0.229 e. The van der Waals surface area contributed by atoms with E-state index in [1.807, 2.05) is 31.2 Å². The topological polar surface area (TPSA) is 52.9 Å². The number of hydrogen-bond donors (Lipinski definition) is 1. The Morgan fingerprint density at radius 3 is 2.95 bits per heavy atom. The minimum Gasteiger partial charge on any atom is -0.316 e. The molecule has 0 unspecified atom stereocenters. The van der Waals surface area contributed by atoms with Crippen LogP contribution in [0.4, 0.5) is 5.00 Å². The second kappa shape index (κ2) is 5.71. The summed E-state index contributed by atoms with van der Waals surface area (Å²) in [5.74, 6) is -0.0549. The van der Waals surface area contributed by atoms with Gasteiger partial charge in [0.25, 0.3) is 0 Å². The molecule has 21 heavy (non-hydrogen) atoms. The number of carbonyl (C=O) groups excluding carboxylic acids is 1. The number of thiophene rings is 1. The summed E-state index contributed by atoms with van der Waals surface area (Å²) in [5.41, 5.74) is 3.96. The Bertz CT molecular complexity index is 740. The zero-order valence-electron chi connectivity index (χ0n) is 11.9. The summed E-state index contributed by atoms with van der Waals surface area (Å²) < 4.78 is 0. The number of nitrogens with one attached hydrogen (secondary N) is 1. The van der Waals surface area contributed by atoms with Gasteiger partial charge in [-0.05, 0) is 42.9 Å². The molecule has 0 saturated heterocycles. The molecule has 0 atom stereocenters. The third-order valence-corrected chi connectivity index (χ3v) is 5.11. The molecular weight excluding hydrogens is 280 g/mol. The molecule has 2 aromatic rings. The highest BCUT2D eigenvalue weighted by molar-refractivity contribution is 7.16. The van der Waals surface area contributed by atoms with Crippen molar-refractivity contribution >= 4 is 22.2 Å². The molecule has 1 aliphatic carbocycles. The van der Waals surface area contributed by atoms with Gasteiger partial charge in [0.05, 0.1) is 12.0 Å². The highest BCUT2D eigenvalue weighted by Gasteiger charge is 2.23. The van der Waals surface area contributed by atoms with E-state index in [1.165, 1.54) is 4.88 Å². The number of carbonyl (C=O) groups is 1. The first kappa shape index (κ1) is 13.8. The maximum absolute atomic E-state index is 12.2. The lowest BCUT2D eigenvalue weighted by Gasteiger charge is -2.06. The molecule has 0 fully saturated rings. The Balaban J connectivity index is 1.77. The average molecular weight is 296 g/mol. The number of nitriles is 1. The molecule has 3 rings (SSSR count). The minimum atomic E-state index is -0.0549. The molecule has 0 aliphatic heterocycles. The van der Waals surface area contributed by atoms with Gasteiger partial charge in [-0.25, -0.2) is 0 Å². The van der Waals surface area contributed by atoms with E-state index in [9.17, 15) is 10.1 Å². The Kier molecular flexibility index (Phi) is 3.76. The van der Waals surface area contributed by atoms with Gasteiger partial charge in [0.1, 0.15) is 11.1 Å². The average Bonchev–Trinajstić information content (AvgIpc) is 3.01. The first-order valence-electron chi connectivity index (χ1n) is 7.08. The van der Waals surface area contributed by atoms with Crippen molar-refractivity contribution in [3.8, 4) is 6.07 Å². The van der Waals surface area contributed by atoms with Crippen LogP contribution in [-0.4, -0.2) is 5.91 Å². The van der Waals surface area contributed by atoms with Crippen molar-refractivity contribution < 1.29 is 4.79 Å². The van der Waals surface area contributed by atoms with Crippen molar-refractivity contribution in [1.82, 2.24) is 0 Å². The van der Waals surface area contributed by atoms with Crippen LogP contribution < -0.4 is 5.32 Å². The minimum absolute atomic E-state index is 0.0549. The number of rotatable bonds is 3. The van der Waals surface area contributed by atoms with Crippen LogP contribution in [0.3, 0.4) is 0 Å². The largest absolute Gasteiger partial charge is 0.316 e. The third-order valence-electron chi connectivity index (χ3n) is 3.90. The van der Waals surface area contributed by atoms with Crippen LogP contribution in [0.25, 0.3) is 0 Å². The van der Waals surface area contributed by atoms with Crippen molar-refractivity contribution in [2.75, 3.05) is 5.32 Å². The number of benzene rings is 1. The van der Waals surface area contributed by atoms with Crippen LogP contribution in [-0.2, 0) is 24.1 Å². The number of hydrogen-bond acceptors (Lipinski definition) is 3. The normalized spacial score (nSPS) is 12.8. The summed E-state index contributed by atoms with van der Waals surface area (Å²) in [4.78, 5) is 13.5. The molecular formula is C17H16N2OS. The molecule has 1 amide bonds. The summed E-state index contributed by atoms with van der Waals surface area (Å²) in [6, 6.07) is 10.1. The Morgan fingerprint density at radius 2 is 2.19 bits per heavy atom. The number of anilines is 1. The zero-order valence-corrected chi connectivity index (χ0v) is 12.7. The number of amides is 1. The highest BCUT2D eigenvalue weighted by Crippen LogP contribution is 2.38. The molecule has 1 aromatic carbocycles. The zero-order chi connectivity index (χ0) is 14.8. The monoisotopic (exact) mass is 296 g/mol. The van der Waals surface area contributed by atoms with E-state index in [0.29, 0.717) is 12.0 Å². The molecule has 1 aliphatic rings. The summed E-state index contributed by atoms with van der Waals surface area (Å²) >= 11 is 1.56. The van der Waals surface area contributed by atoms with Gasteiger partial charge in [0.2, 0.25) is 5.91 Å². The van der Waals surface area contributed by atoms with Crippen molar-refractivity contribution in [2.45, 2.75) is 32.6 Å². The van der Waals surface area contributed by atoms with E-state index < -0.39 is 0 Å². The fourth-order valence-electron chi connectivity index (χ4n) is 2.76. The van der Waals surface area contributed by atoms with Crippen LogP contribution in [0.2, 0.25) is 0 Å². The predicted octanol–water partition coefficient (Wildman–Crippen LogP) is 3.60. The number of aryl methyl sites for hydroxylation is 2. The van der Waals surface area contributed by atoms with E-state index >= 15 is 0 Å². The van der Waals surface area contributed by atoms with Crippen LogP contribution in [0.15, 0.2) is 24.3 Å². The highest BCUT2D eigenvalue weighted by atomic mass is 32.1. The summed E-state index contributed by atoms with van der Waals surface area (Å²) in [7, 11) is 0. The van der Waals surface area contributed by atoms with Crippen LogP contribution in [0, 0.1) is 18.3 Å². The van der Waals surface area contributed by atoms with Crippen LogP contribution >= 0.6 is 11.3 Å². The molecule has 0 radical (unpaired) electrons. The quantitative estimate of drug-likeness (QED) is 0.941. The van der Waals surface area contributed by atoms with Crippen molar-refractivity contribution in [1.29, 1.82) is 5.26 Å². The molecule has 0 bridgehead atoms. The maximum atomic E-state index is 12.2. The van der Waals surface area contributed by atoms with Gasteiger partial charge in [-0.15, -0.1) is 11.3 Å². The molecule has 0 spiro atoms. The van der Waals surface area contributed by atoms with Crippen molar-refractivity contribution in [2.24, 2.45) is 0 Å². The van der Waals surface area contributed by atoms with Crippen LogP contribution in [0.5, 0.6) is 0 Å². The van der Waals surface area contributed by atoms with Crippen molar-refractivity contribution in [3.05, 3.63) is 51.4 Å². The third kappa shape index (κ3) is 2.70. The summed E-state index contributed by atoms with van der Waals surface area (Å²) in [6.07, 6.45) is 3.46. The standard InChI is InChI=1S/C17H16N2OS/c1-11-5-2-3-6-12(11)9-16(20)19-17-14(10-18)13-7-4-8-15(13)21-17/h2-3,5-6H,4,7-9H2,1H3,(H,19,20). The van der Waals surface area contributed by atoms with Gasteiger partial charge in [0.15, 0.2) is 0 Å². The summed E-state index contributed by atoms with van der Waals surface area (Å²) in [6.45, 7) is 2.00. The second-order valence-electron chi connectivity index (χ2n) is 5.32. The van der Waals surface area contributed by atoms with Crippen molar-refractivity contribution in [3.63, 3.8) is 0 Å². The lowest BCUT2D eigenvalue weighted by molar-refractivity contribution is -0.115. The van der Waals surface area contributed by atoms with E-state index in [1.54, 1.807) is 11.3 Å². The SMILES string of the molecule is Cc1ccccc1CC(=O)Nc1sc2c(c1C#N)CCC2. The molecule has 1 N–H and O–H groups in total. The smallest absolute Gasteiger partial charge is 0.229 e. The molecule has 0 saturated carbocycles.